The molecule has 0 aromatic heterocycles. The van der Waals surface area contributed by atoms with Gasteiger partial charge in [-0.2, -0.15) is 0 Å². The molecule has 128 valence electrons. The number of halogens is 1. The third-order valence-corrected chi connectivity index (χ3v) is 5.19. The van der Waals surface area contributed by atoms with Crippen LogP contribution in [0.4, 0.5) is 0 Å². The Hall–Kier alpha value is -2.36. The Balaban J connectivity index is 0.000000236. The first-order chi connectivity index (χ1) is 11.9. The summed E-state index contributed by atoms with van der Waals surface area (Å²) in [5.41, 5.74) is 8.18. The van der Waals surface area contributed by atoms with Crippen LogP contribution in [0.3, 0.4) is 0 Å². The lowest BCUT2D eigenvalue weighted by Crippen LogP contribution is -2.37. The molecule has 1 amide bonds. The molecule has 0 heterocycles. The number of nitrogens with two attached hydrogens (primary N) is 1. The van der Waals surface area contributed by atoms with E-state index in [1.54, 1.807) is 24.3 Å². The zero-order valence-electron chi connectivity index (χ0n) is 14.4. The molecule has 3 aromatic carbocycles. The van der Waals surface area contributed by atoms with Gasteiger partial charge in [-0.25, -0.2) is 0 Å². The fraction of sp³-hybridized carbons (Fsp3) is 0.0952. The van der Waals surface area contributed by atoms with Crippen LogP contribution in [0.25, 0.3) is 0 Å². The Morgan fingerprint density at radius 2 is 1.24 bits per heavy atom. The number of amides is 1. The molecule has 0 fully saturated rings. The number of hydrogen-bond donors (Lipinski definition) is 1. The SMILES string of the molecule is Cc1ccc([SiH3])cc1.NC(=O)C(Cl)(c1ccccc1)c1ccccc1. The summed E-state index contributed by atoms with van der Waals surface area (Å²) in [6, 6.07) is 26.9. The molecule has 2 N–H and O–H groups in total. The van der Waals surface area contributed by atoms with Gasteiger partial charge in [0, 0.05) is 10.2 Å². The first-order valence-electron chi connectivity index (χ1n) is 8.07. The van der Waals surface area contributed by atoms with Gasteiger partial charge in [0.15, 0.2) is 4.87 Å². The molecule has 0 spiro atoms. The molecule has 25 heavy (non-hydrogen) atoms. The second-order valence-electron chi connectivity index (χ2n) is 5.91. The van der Waals surface area contributed by atoms with Gasteiger partial charge in [0.2, 0.25) is 5.91 Å². The molecule has 0 bridgehead atoms. The minimum Gasteiger partial charge on any atom is -0.368 e. The van der Waals surface area contributed by atoms with E-state index in [2.05, 4.69) is 31.2 Å². The molecular formula is C21H22ClNOSi. The van der Waals surface area contributed by atoms with Gasteiger partial charge < -0.3 is 5.73 Å². The van der Waals surface area contributed by atoms with Crippen LogP contribution in [-0.4, -0.2) is 16.1 Å². The predicted octanol–water partition coefficient (Wildman–Crippen LogP) is 2.64. The number of benzene rings is 3. The van der Waals surface area contributed by atoms with Crippen LogP contribution in [0.5, 0.6) is 0 Å². The monoisotopic (exact) mass is 367 g/mol. The number of rotatable bonds is 3. The van der Waals surface area contributed by atoms with Crippen molar-refractivity contribution < 1.29 is 4.79 Å². The maximum atomic E-state index is 11.7. The Morgan fingerprint density at radius 3 is 1.56 bits per heavy atom. The fourth-order valence-corrected chi connectivity index (χ4v) is 3.01. The quantitative estimate of drug-likeness (QED) is 0.561. The van der Waals surface area contributed by atoms with Crippen LogP contribution in [-0.2, 0) is 9.67 Å². The van der Waals surface area contributed by atoms with Crippen molar-refractivity contribution >= 4 is 32.9 Å². The van der Waals surface area contributed by atoms with Crippen LogP contribution in [0.1, 0.15) is 16.7 Å². The van der Waals surface area contributed by atoms with Gasteiger partial charge in [-0.15, -0.1) is 0 Å². The third-order valence-electron chi connectivity index (χ3n) is 3.90. The van der Waals surface area contributed by atoms with Crippen molar-refractivity contribution in [3.8, 4) is 0 Å². The smallest absolute Gasteiger partial charge is 0.247 e. The summed E-state index contributed by atoms with van der Waals surface area (Å²) in [6.07, 6.45) is 0. The molecule has 3 aromatic rings. The number of carbonyl (C=O) groups is 1. The van der Waals surface area contributed by atoms with Crippen molar-refractivity contribution in [2.75, 3.05) is 0 Å². The molecule has 2 nitrogen and oxygen atoms in total. The number of hydrogen-bond acceptors (Lipinski definition) is 1. The Morgan fingerprint density at radius 1 is 0.840 bits per heavy atom. The molecule has 0 unspecified atom stereocenters. The average Bonchev–Trinajstić information content (AvgIpc) is 2.65. The van der Waals surface area contributed by atoms with Gasteiger partial charge in [0.25, 0.3) is 0 Å². The van der Waals surface area contributed by atoms with E-state index in [4.69, 9.17) is 17.3 Å². The molecule has 0 radical (unpaired) electrons. The lowest BCUT2D eigenvalue weighted by Gasteiger charge is -2.24. The van der Waals surface area contributed by atoms with Gasteiger partial charge in [0.05, 0.1) is 0 Å². The van der Waals surface area contributed by atoms with Crippen LogP contribution in [0.15, 0.2) is 84.9 Å². The molecule has 0 aliphatic carbocycles. The van der Waals surface area contributed by atoms with Gasteiger partial charge in [0.1, 0.15) is 0 Å². The van der Waals surface area contributed by atoms with Crippen molar-refractivity contribution in [3.63, 3.8) is 0 Å². The van der Waals surface area contributed by atoms with Crippen molar-refractivity contribution in [1.29, 1.82) is 0 Å². The largest absolute Gasteiger partial charge is 0.368 e. The van der Waals surface area contributed by atoms with Gasteiger partial charge >= 0.3 is 0 Å². The highest BCUT2D eigenvalue weighted by atomic mass is 35.5. The zero-order valence-corrected chi connectivity index (χ0v) is 17.2. The van der Waals surface area contributed by atoms with Crippen LogP contribution in [0.2, 0.25) is 0 Å². The molecule has 0 saturated heterocycles. The predicted molar refractivity (Wildman–Crippen MR) is 109 cm³/mol. The second-order valence-corrected chi connectivity index (χ2v) is 7.63. The first kappa shape index (κ1) is 19.0. The summed E-state index contributed by atoms with van der Waals surface area (Å²) in [7, 11) is 1.17. The molecule has 4 heteroatoms. The van der Waals surface area contributed by atoms with Crippen molar-refractivity contribution in [2.45, 2.75) is 11.8 Å². The van der Waals surface area contributed by atoms with Gasteiger partial charge in [-0.05, 0) is 18.1 Å². The molecule has 0 atom stereocenters. The van der Waals surface area contributed by atoms with Crippen LogP contribution >= 0.6 is 11.6 Å². The lowest BCUT2D eigenvalue weighted by molar-refractivity contribution is -0.119. The number of aryl methyl sites for hydroxylation is 1. The highest BCUT2D eigenvalue weighted by Gasteiger charge is 2.37. The van der Waals surface area contributed by atoms with Crippen molar-refractivity contribution in [2.24, 2.45) is 5.73 Å². The zero-order chi connectivity index (χ0) is 18.3. The molecule has 0 saturated carbocycles. The second kappa shape index (κ2) is 8.65. The highest BCUT2D eigenvalue weighted by molar-refractivity contribution is 6.36. The van der Waals surface area contributed by atoms with Crippen LogP contribution in [0, 0.1) is 6.92 Å². The maximum Gasteiger partial charge on any atom is 0.247 e. The fourth-order valence-electron chi connectivity index (χ4n) is 2.42. The molecule has 0 aliphatic rings. The van der Waals surface area contributed by atoms with E-state index in [1.165, 1.54) is 21.0 Å². The van der Waals surface area contributed by atoms with Crippen LogP contribution < -0.4 is 10.9 Å². The number of primary amides is 1. The summed E-state index contributed by atoms with van der Waals surface area (Å²) in [5, 5.41) is 1.47. The Kier molecular flexibility index (Phi) is 6.56. The summed E-state index contributed by atoms with van der Waals surface area (Å²) in [4.78, 5) is 10.4. The number of carbonyl (C=O) groups excluding carboxylic acids is 1. The summed E-state index contributed by atoms with van der Waals surface area (Å²) >= 11 is 6.45. The molecule has 3 rings (SSSR count). The molecule has 0 aliphatic heterocycles. The van der Waals surface area contributed by atoms with Crippen molar-refractivity contribution in [3.05, 3.63) is 102 Å². The summed E-state index contributed by atoms with van der Waals surface area (Å²) in [6.45, 7) is 2.11. The van der Waals surface area contributed by atoms with E-state index in [1.807, 2.05) is 36.4 Å². The number of alkyl halides is 1. The normalized spacial score (nSPS) is 10.6. The average molecular weight is 368 g/mol. The molecular weight excluding hydrogens is 346 g/mol. The minimum atomic E-state index is -1.30. The van der Waals surface area contributed by atoms with Crippen molar-refractivity contribution in [1.82, 2.24) is 0 Å². The minimum absolute atomic E-state index is 0.573. The van der Waals surface area contributed by atoms with Gasteiger partial charge in [-0.1, -0.05) is 107 Å². The van der Waals surface area contributed by atoms with E-state index in [0.29, 0.717) is 11.1 Å². The summed E-state index contributed by atoms with van der Waals surface area (Å²) in [5.74, 6) is -0.573. The van der Waals surface area contributed by atoms with E-state index < -0.39 is 10.8 Å². The van der Waals surface area contributed by atoms with Gasteiger partial charge in [-0.3, -0.25) is 4.79 Å². The first-order valence-corrected chi connectivity index (χ1v) is 9.45. The maximum absolute atomic E-state index is 11.7. The Labute approximate surface area is 157 Å². The highest BCUT2D eigenvalue weighted by Crippen LogP contribution is 2.36. The van der Waals surface area contributed by atoms with E-state index in [0.717, 1.165) is 0 Å². The van der Waals surface area contributed by atoms with E-state index >= 15 is 0 Å². The summed E-state index contributed by atoms with van der Waals surface area (Å²) < 4.78 is 0. The van der Waals surface area contributed by atoms with E-state index in [9.17, 15) is 4.79 Å². The topological polar surface area (TPSA) is 43.1 Å². The lowest BCUT2D eigenvalue weighted by atomic mass is 9.90. The van der Waals surface area contributed by atoms with E-state index in [-0.39, 0.29) is 0 Å². The third kappa shape index (κ3) is 4.81. The standard InChI is InChI=1S/C14H12ClNO.C7H10Si/c15-14(13(16)17,11-7-3-1-4-8-11)12-9-5-2-6-10-12;1-6-2-4-7(8)5-3-6/h1-10H,(H2,16,17);2-5H,1,8H3. The Bertz CT molecular complexity index is 744.